The number of benzene rings is 2. The zero-order valence-electron chi connectivity index (χ0n) is 16.3. The van der Waals surface area contributed by atoms with Gasteiger partial charge in [-0.1, -0.05) is 18.2 Å². The van der Waals surface area contributed by atoms with Gasteiger partial charge in [-0.3, -0.25) is 19.4 Å². The third-order valence-electron chi connectivity index (χ3n) is 5.66. The molecular weight excluding hydrogens is 386 g/mol. The molecule has 2 saturated heterocycles. The van der Waals surface area contributed by atoms with E-state index in [1.165, 1.54) is 0 Å². The Morgan fingerprint density at radius 2 is 1.53 bits per heavy atom. The van der Waals surface area contributed by atoms with Crippen molar-refractivity contribution in [1.29, 1.82) is 0 Å². The molecule has 0 unspecified atom stereocenters. The summed E-state index contributed by atoms with van der Waals surface area (Å²) in [5, 5.41) is 0. The molecule has 30 heavy (non-hydrogen) atoms. The van der Waals surface area contributed by atoms with Gasteiger partial charge in [0.2, 0.25) is 0 Å². The summed E-state index contributed by atoms with van der Waals surface area (Å²) in [6.45, 7) is 3.28. The van der Waals surface area contributed by atoms with Crippen LogP contribution in [0.15, 0.2) is 48.5 Å². The largest absolute Gasteiger partial charge is 0.442 e. The average molecular weight is 407 g/mol. The molecule has 2 fully saturated rings. The number of morpholine rings is 1. The molecular formula is C22H21N3O5. The topological polar surface area (TPSA) is 79.4 Å². The maximum absolute atomic E-state index is 12.6. The van der Waals surface area contributed by atoms with Crippen LogP contribution in [0.5, 0.6) is 0 Å². The van der Waals surface area contributed by atoms with Crippen LogP contribution in [0.3, 0.4) is 0 Å². The number of nitrogens with zero attached hydrogens (tertiary/aromatic N) is 3. The number of fused-ring (bicyclic) bond motifs is 1. The van der Waals surface area contributed by atoms with Crippen LogP contribution in [0.25, 0.3) is 0 Å². The summed E-state index contributed by atoms with van der Waals surface area (Å²) in [6, 6.07) is 14.5. The van der Waals surface area contributed by atoms with Gasteiger partial charge in [0, 0.05) is 24.5 Å². The smallest absolute Gasteiger partial charge is 0.414 e. The summed E-state index contributed by atoms with van der Waals surface area (Å²) >= 11 is 0. The molecule has 0 bridgehead atoms. The van der Waals surface area contributed by atoms with E-state index in [4.69, 9.17) is 9.47 Å². The molecule has 0 aliphatic carbocycles. The lowest BCUT2D eigenvalue weighted by Gasteiger charge is -2.29. The molecule has 8 nitrogen and oxygen atoms in total. The molecule has 3 amide bonds. The van der Waals surface area contributed by atoms with Crippen molar-refractivity contribution in [3.05, 3.63) is 59.7 Å². The summed E-state index contributed by atoms with van der Waals surface area (Å²) in [5.74, 6) is -0.696. The van der Waals surface area contributed by atoms with Crippen molar-refractivity contribution in [3.8, 4) is 0 Å². The first-order valence-corrected chi connectivity index (χ1v) is 9.98. The lowest BCUT2D eigenvalue weighted by Crippen LogP contribution is -2.38. The molecule has 1 atom stereocenters. The maximum atomic E-state index is 12.6. The van der Waals surface area contributed by atoms with E-state index in [0.29, 0.717) is 24.3 Å². The summed E-state index contributed by atoms with van der Waals surface area (Å²) in [7, 11) is 0. The highest BCUT2D eigenvalue weighted by Crippen LogP contribution is 2.29. The zero-order valence-corrected chi connectivity index (χ0v) is 16.3. The molecule has 0 saturated carbocycles. The van der Waals surface area contributed by atoms with Gasteiger partial charge in [0.25, 0.3) is 11.8 Å². The second-order valence-corrected chi connectivity index (χ2v) is 7.50. The van der Waals surface area contributed by atoms with Crippen LogP contribution >= 0.6 is 0 Å². The summed E-state index contributed by atoms with van der Waals surface area (Å²) in [6.07, 6.45) is -1.05. The Bertz CT molecular complexity index is 982. The molecule has 8 heteroatoms. The number of cyclic esters (lactones) is 1. The van der Waals surface area contributed by atoms with Crippen molar-refractivity contribution in [2.75, 3.05) is 49.2 Å². The molecule has 2 aromatic carbocycles. The molecule has 0 radical (unpaired) electrons. The number of imide groups is 1. The number of rotatable bonds is 4. The molecule has 3 aliphatic heterocycles. The normalized spacial score (nSPS) is 21.3. The third kappa shape index (κ3) is 3.19. The fourth-order valence-corrected chi connectivity index (χ4v) is 4.12. The quantitative estimate of drug-likeness (QED) is 0.723. The minimum Gasteiger partial charge on any atom is -0.442 e. The number of carbonyl (C=O) groups is 3. The van der Waals surface area contributed by atoms with E-state index in [0.717, 1.165) is 29.4 Å². The van der Waals surface area contributed by atoms with E-state index in [2.05, 4.69) is 4.90 Å². The number of amides is 3. The average Bonchev–Trinajstić information content (AvgIpc) is 3.27. The lowest BCUT2D eigenvalue weighted by molar-refractivity contribution is 0.0558. The van der Waals surface area contributed by atoms with Crippen molar-refractivity contribution < 1.29 is 23.9 Å². The van der Waals surface area contributed by atoms with Gasteiger partial charge in [0.1, 0.15) is 6.10 Å². The van der Waals surface area contributed by atoms with Crippen LogP contribution < -0.4 is 9.80 Å². The molecule has 0 aromatic heterocycles. The van der Waals surface area contributed by atoms with E-state index in [-0.39, 0.29) is 24.9 Å². The first-order valence-electron chi connectivity index (χ1n) is 9.98. The summed E-state index contributed by atoms with van der Waals surface area (Å²) < 4.78 is 10.9. The fourth-order valence-electron chi connectivity index (χ4n) is 4.12. The Labute approximate surface area is 173 Å². The molecule has 154 valence electrons. The molecule has 3 heterocycles. The van der Waals surface area contributed by atoms with Gasteiger partial charge in [-0.2, -0.15) is 0 Å². The monoisotopic (exact) mass is 407 g/mol. The molecule has 0 spiro atoms. The van der Waals surface area contributed by atoms with Crippen LogP contribution in [0.1, 0.15) is 20.7 Å². The molecule has 5 rings (SSSR count). The van der Waals surface area contributed by atoms with Gasteiger partial charge in [0.15, 0.2) is 0 Å². The van der Waals surface area contributed by atoms with Crippen molar-refractivity contribution >= 4 is 29.3 Å². The van der Waals surface area contributed by atoms with E-state index >= 15 is 0 Å². The number of ether oxygens (including phenoxy) is 2. The van der Waals surface area contributed by atoms with Gasteiger partial charge in [-0.25, -0.2) is 4.79 Å². The first-order chi connectivity index (χ1) is 14.6. The van der Waals surface area contributed by atoms with Crippen LogP contribution in [0, 0.1) is 0 Å². The van der Waals surface area contributed by atoms with Gasteiger partial charge in [-0.05, 0) is 30.3 Å². The number of carbonyl (C=O) groups excluding carboxylic acids is 3. The summed E-state index contributed by atoms with van der Waals surface area (Å²) in [4.78, 5) is 42.6. The van der Waals surface area contributed by atoms with Crippen LogP contribution in [-0.4, -0.2) is 68.3 Å². The van der Waals surface area contributed by atoms with Crippen LogP contribution in [-0.2, 0) is 9.47 Å². The highest BCUT2D eigenvalue weighted by Gasteiger charge is 2.40. The van der Waals surface area contributed by atoms with Crippen molar-refractivity contribution in [3.63, 3.8) is 0 Å². The number of hydrogen-bond donors (Lipinski definition) is 0. The minimum absolute atomic E-state index is 0.0394. The Kier molecular flexibility index (Phi) is 4.63. The van der Waals surface area contributed by atoms with Gasteiger partial charge >= 0.3 is 6.09 Å². The van der Waals surface area contributed by atoms with Crippen molar-refractivity contribution in [2.24, 2.45) is 0 Å². The van der Waals surface area contributed by atoms with Gasteiger partial charge < -0.3 is 14.4 Å². The first kappa shape index (κ1) is 18.6. The third-order valence-corrected chi connectivity index (χ3v) is 5.66. The molecule has 3 aliphatic rings. The van der Waals surface area contributed by atoms with Crippen molar-refractivity contribution in [2.45, 2.75) is 6.10 Å². The minimum atomic E-state index is -0.577. The Morgan fingerprint density at radius 3 is 2.23 bits per heavy atom. The maximum Gasteiger partial charge on any atom is 0.414 e. The lowest BCUT2D eigenvalue weighted by atomic mass is 10.1. The van der Waals surface area contributed by atoms with Gasteiger partial charge in [-0.15, -0.1) is 0 Å². The Balaban J connectivity index is 1.30. The summed E-state index contributed by atoms with van der Waals surface area (Å²) in [5.41, 5.74) is 2.53. The zero-order chi connectivity index (χ0) is 20.7. The van der Waals surface area contributed by atoms with Crippen LogP contribution in [0.2, 0.25) is 0 Å². The fraction of sp³-hybridized carbons (Fsp3) is 0.318. The highest BCUT2D eigenvalue weighted by atomic mass is 16.6. The Hall–Kier alpha value is -3.39. The second-order valence-electron chi connectivity index (χ2n) is 7.50. The highest BCUT2D eigenvalue weighted by molar-refractivity contribution is 6.21. The van der Waals surface area contributed by atoms with E-state index < -0.39 is 12.2 Å². The molecule has 2 aromatic rings. The van der Waals surface area contributed by atoms with Crippen LogP contribution in [0.4, 0.5) is 16.2 Å². The van der Waals surface area contributed by atoms with E-state index in [1.54, 1.807) is 29.2 Å². The van der Waals surface area contributed by atoms with Crippen molar-refractivity contribution in [1.82, 2.24) is 4.90 Å². The molecule has 0 N–H and O–H groups in total. The number of anilines is 2. The predicted octanol–water partition coefficient (Wildman–Crippen LogP) is 2.14. The van der Waals surface area contributed by atoms with E-state index in [1.807, 2.05) is 24.3 Å². The second kappa shape index (κ2) is 7.46. The SMILES string of the molecule is O=C1c2ccccc2C(=O)N1C[C@@H]1CN(c2cccc(N3CCOCC3)c2)C(=O)O1. The van der Waals surface area contributed by atoms with Gasteiger partial charge in [0.05, 0.1) is 37.4 Å². The number of hydrogen-bond acceptors (Lipinski definition) is 6. The Morgan fingerprint density at radius 1 is 0.867 bits per heavy atom. The van der Waals surface area contributed by atoms with E-state index in [9.17, 15) is 14.4 Å². The standard InChI is InChI=1S/C22H21N3O5/c26-20-18-6-1-2-7-19(18)21(27)25(20)14-17-13-24(22(28)30-17)16-5-3-4-15(12-16)23-8-10-29-11-9-23/h1-7,12,17H,8-11,13-14H2/t17-/m0/s1. The predicted molar refractivity (Wildman–Crippen MR) is 109 cm³/mol.